The number of rotatable bonds is 4. The van der Waals surface area contributed by atoms with Gasteiger partial charge in [0.1, 0.15) is 11.5 Å². The van der Waals surface area contributed by atoms with Gasteiger partial charge in [-0.25, -0.2) is 4.99 Å². The van der Waals surface area contributed by atoms with Crippen LogP contribution in [0.3, 0.4) is 0 Å². The lowest BCUT2D eigenvalue weighted by molar-refractivity contribution is -0.115. The van der Waals surface area contributed by atoms with E-state index in [2.05, 4.69) is 26.2 Å². The minimum absolute atomic E-state index is 0.157. The highest BCUT2D eigenvalue weighted by Gasteiger charge is 2.23. The molecule has 0 aromatic heterocycles. The number of amidine groups is 1. The van der Waals surface area contributed by atoms with E-state index in [-0.39, 0.29) is 5.91 Å². The first kappa shape index (κ1) is 18.5. The number of nitrogens with zero attached hydrogens (tertiary/aromatic N) is 1. The van der Waals surface area contributed by atoms with Gasteiger partial charge in [-0.15, -0.1) is 0 Å². The summed E-state index contributed by atoms with van der Waals surface area (Å²) in [4.78, 5) is 17.4. The summed E-state index contributed by atoms with van der Waals surface area (Å²) in [6.45, 7) is 0. The van der Waals surface area contributed by atoms with Crippen molar-refractivity contribution < 1.29 is 9.53 Å². The Balaban J connectivity index is 1.51. The molecule has 0 saturated carbocycles. The largest absolute Gasteiger partial charge is 0.457 e. The number of nitrogens with one attached hydrogen (secondary N) is 1. The number of benzene rings is 3. The number of para-hydroxylation sites is 1. The number of carbonyl (C=O) groups is 1. The fourth-order valence-electron chi connectivity index (χ4n) is 2.56. The van der Waals surface area contributed by atoms with Crippen LogP contribution in [0.15, 0.2) is 93.2 Å². The molecule has 3 aromatic rings. The van der Waals surface area contributed by atoms with Gasteiger partial charge in [-0.05, 0) is 71.9 Å². The third-order valence-corrected chi connectivity index (χ3v) is 5.28. The molecule has 0 bridgehead atoms. The molecular formula is C22H15BrN2O2S. The second-order valence-corrected chi connectivity index (χ2v) is 7.89. The van der Waals surface area contributed by atoms with E-state index in [4.69, 9.17) is 4.74 Å². The van der Waals surface area contributed by atoms with Gasteiger partial charge in [0.25, 0.3) is 5.91 Å². The molecule has 0 spiro atoms. The topological polar surface area (TPSA) is 50.7 Å². The Hall–Kier alpha value is -2.83. The molecule has 6 heteroatoms. The van der Waals surface area contributed by atoms with E-state index in [9.17, 15) is 4.79 Å². The molecule has 1 aliphatic rings. The third kappa shape index (κ3) is 4.71. The summed E-state index contributed by atoms with van der Waals surface area (Å²) in [5, 5.41) is 3.37. The summed E-state index contributed by atoms with van der Waals surface area (Å²) in [5.41, 5.74) is 1.67. The third-order valence-electron chi connectivity index (χ3n) is 3.84. The van der Waals surface area contributed by atoms with Crippen LogP contribution in [0.1, 0.15) is 5.56 Å². The van der Waals surface area contributed by atoms with Gasteiger partial charge in [0.2, 0.25) is 0 Å². The highest BCUT2D eigenvalue weighted by Crippen LogP contribution is 2.30. The van der Waals surface area contributed by atoms with Crippen molar-refractivity contribution in [3.8, 4) is 11.5 Å². The number of ether oxygens (including phenoxy) is 1. The van der Waals surface area contributed by atoms with Gasteiger partial charge in [0, 0.05) is 4.47 Å². The zero-order chi connectivity index (χ0) is 19.3. The molecule has 3 aromatic carbocycles. The lowest BCUT2D eigenvalue weighted by atomic mass is 10.2. The van der Waals surface area contributed by atoms with E-state index in [0.717, 1.165) is 21.5 Å². The van der Waals surface area contributed by atoms with Crippen LogP contribution in [0.5, 0.6) is 11.5 Å². The molecule has 0 radical (unpaired) electrons. The SMILES string of the molecule is O=C1NC(=Nc2ccc(Br)cc2)S/C1=C/c1cccc(Oc2ccccc2)c1. The van der Waals surface area contributed by atoms with Crippen LogP contribution in [0, 0.1) is 0 Å². The zero-order valence-electron chi connectivity index (χ0n) is 14.6. The Morgan fingerprint density at radius 1 is 0.929 bits per heavy atom. The Morgan fingerprint density at radius 3 is 2.46 bits per heavy atom. The maximum Gasteiger partial charge on any atom is 0.264 e. The monoisotopic (exact) mass is 450 g/mol. The van der Waals surface area contributed by atoms with E-state index in [0.29, 0.717) is 15.8 Å². The number of amides is 1. The van der Waals surface area contributed by atoms with Gasteiger partial charge in [-0.3, -0.25) is 4.79 Å². The zero-order valence-corrected chi connectivity index (χ0v) is 17.0. The van der Waals surface area contributed by atoms with Crippen LogP contribution in [0.25, 0.3) is 6.08 Å². The second kappa shape index (κ2) is 8.46. The highest BCUT2D eigenvalue weighted by molar-refractivity contribution is 9.10. The Morgan fingerprint density at radius 2 is 1.68 bits per heavy atom. The summed E-state index contributed by atoms with van der Waals surface area (Å²) in [6, 6.07) is 24.8. The fraction of sp³-hybridized carbons (Fsp3) is 0. The van der Waals surface area contributed by atoms with E-state index in [1.54, 1.807) is 0 Å². The number of hydrogen-bond donors (Lipinski definition) is 1. The first-order valence-electron chi connectivity index (χ1n) is 8.54. The standard InChI is InChI=1S/C22H15BrN2O2S/c23-16-9-11-17(12-10-16)24-22-25-21(26)20(28-22)14-15-5-4-8-19(13-15)27-18-6-2-1-3-7-18/h1-14H,(H,24,25,26)/b20-14+. The van der Waals surface area contributed by atoms with Crippen LogP contribution < -0.4 is 10.1 Å². The molecular weight excluding hydrogens is 436 g/mol. The Bertz CT molecular complexity index is 1060. The number of carbonyl (C=O) groups excluding carboxylic acids is 1. The summed E-state index contributed by atoms with van der Waals surface area (Å²) in [7, 11) is 0. The summed E-state index contributed by atoms with van der Waals surface area (Å²) in [6.07, 6.45) is 1.84. The van der Waals surface area contributed by atoms with E-state index in [1.807, 2.05) is 84.9 Å². The smallest absolute Gasteiger partial charge is 0.264 e. The van der Waals surface area contributed by atoms with Crippen molar-refractivity contribution in [2.24, 2.45) is 4.99 Å². The van der Waals surface area contributed by atoms with Crippen LogP contribution in [0.4, 0.5) is 5.69 Å². The Kier molecular flexibility index (Phi) is 5.60. The van der Waals surface area contributed by atoms with Gasteiger partial charge >= 0.3 is 0 Å². The van der Waals surface area contributed by atoms with Gasteiger partial charge in [-0.1, -0.05) is 46.3 Å². The number of hydrogen-bond acceptors (Lipinski definition) is 4. The van der Waals surface area contributed by atoms with Gasteiger partial charge in [0.15, 0.2) is 5.17 Å². The van der Waals surface area contributed by atoms with E-state index in [1.165, 1.54) is 11.8 Å². The normalized spacial score (nSPS) is 16.4. The van der Waals surface area contributed by atoms with E-state index >= 15 is 0 Å². The minimum Gasteiger partial charge on any atom is -0.457 e. The van der Waals surface area contributed by atoms with Crippen molar-refractivity contribution in [3.63, 3.8) is 0 Å². The molecule has 28 heavy (non-hydrogen) atoms. The van der Waals surface area contributed by atoms with Crippen molar-refractivity contribution in [1.82, 2.24) is 5.32 Å². The Labute approximate surface area is 175 Å². The van der Waals surface area contributed by atoms with Crippen molar-refractivity contribution in [1.29, 1.82) is 0 Å². The molecule has 1 aliphatic heterocycles. The molecule has 1 saturated heterocycles. The maximum atomic E-state index is 12.3. The molecule has 4 nitrogen and oxygen atoms in total. The lowest BCUT2D eigenvalue weighted by Crippen LogP contribution is -2.19. The second-order valence-electron chi connectivity index (χ2n) is 5.95. The van der Waals surface area contributed by atoms with Crippen LogP contribution in [-0.4, -0.2) is 11.1 Å². The maximum absolute atomic E-state index is 12.3. The van der Waals surface area contributed by atoms with Crippen molar-refractivity contribution in [3.05, 3.63) is 93.8 Å². The number of aliphatic imine (C=N–C) groups is 1. The molecule has 1 fully saturated rings. The van der Waals surface area contributed by atoms with Crippen LogP contribution >= 0.6 is 27.7 Å². The van der Waals surface area contributed by atoms with Crippen molar-refractivity contribution >= 4 is 50.5 Å². The molecule has 138 valence electrons. The molecule has 0 unspecified atom stereocenters. The molecule has 1 amide bonds. The molecule has 0 atom stereocenters. The van der Waals surface area contributed by atoms with Gasteiger partial charge in [0.05, 0.1) is 10.6 Å². The molecule has 4 rings (SSSR count). The van der Waals surface area contributed by atoms with E-state index < -0.39 is 0 Å². The predicted molar refractivity (Wildman–Crippen MR) is 118 cm³/mol. The van der Waals surface area contributed by atoms with Gasteiger partial charge < -0.3 is 10.1 Å². The molecule has 0 aliphatic carbocycles. The van der Waals surface area contributed by atoms with Crippen LogP contribution in [0.2, 0.25) is 0 Å². The number of thioether (sulfide) groups is 1. The van der Waals surface area contributed by atoms with Crippen molar-refractivity contribution in [2.45, 2.75) is 0 Å². The predicted octanol–water partition coefficient (Wildman–Crippen LogP) is 6.13. The lowest BCUT2D eigenvalue weighted by Gasteiger charge is -2.06. The first-order valence-corrected chi connectivity index (χ1v) is 10.1. The molecule has 1 N–H and O–H groups in total. The van der Waals surface area contributed by atoms with Crippen LogP contribution in [-0.2, 0) is 4.79 Å². The summed E-state index contributed by atoms with van der Waals surface area (Å²) in [5.74, 6) is 1.33. The minimum atomic E-state index is -0.157. The number of halogens is 1. The summed E-state index contributed by atoms with van der Waals surface area (Å²) >= 11 is 4.72. The average molecular weight is 451 g/mol. The summed E-state index contributed by atoms with van der Waals surface area (Å²) < 4.78 is 6.84. The van der Waals surface area contributed by atoms with Crippen molar-refractivity contribution in [2.75, 3.05) is 0 Å². The fourth-order valence-corrected chi connectivity index (χ4v) is 3.66. The molecule has 1 heterocycles. The quantitative estimate of drug-likeness (QED) is 0.486. The first-order chi connectivity index (χ1) is 13.7. The average Bonchev–Trinajstić information content (AvgIpc) is 3.03. The van der Waals surface area contributed by atoms with Gasteiger partial charge in [-0.2, -0.15) is 0 Å². The highest BCUT2D eigenvalue weighted by atomic mass is 79.9.